The van der Waals surface area contributed by atoms with Gasteiger partial charge >= 0.3 is 0 Å². The summed E-state index contributed by atoms with van der Waals surface area (Å²) in [5.74, 6) is 0.241. The molecule has 1 aliphatic heterocycles. The quantitative estimate of drug-likeness (QED) is 0.727. The summed E-state index contributed by atoms with van der Waals surface area (Å²) >= 11 is 0. The third-order valence-electron chi connectivity index (χ3n) is 3.31. The monoisotopic (exact) mass is 232 g/mol. The standard InChI is InChI=1S/C15H20O2/c1-2-3-4-9-14(16)15-13-8-6-5-7-12(13)10-11-17-15/h5-8,15H,2-4,9-11H2,1H3. The first-order valence-electron chi connectivity index (χ1n) is 6.55. The molecular weight excluding hydrogens is 212 g/mol. The fourth-order valence-electron chi connectivity index (χ4n) is 2.34. The third-order valence-corrected chi connectivity index (χ3v) is 3.31. The van der Waals surface area contributed by atoms with Crippen molar-refractivity contribution >= 4 is 5.78 Å². The van der Waals surface area contributed by atoms with Crippen molar-refractivity contribution in [3.63, 3.8) is 0 Å². The molecule has 1 atom stereocenters. The van der Waals surface area contributed by atoms with Crippen LogP contribution in [-0.4, -0.2) is 12.4 Å². The molecule has 1 aliphatic rings. The van der Waals surface area contributed by atoms with E-state index in [4.69, 9.17) is 4.74 Å². The fraction of sp³-hybridized carbons (Fsp3) is 0.533. The van der Waals surface area contributed by atoms with E-state index >= 15 is 0 Å². The number of benzene rings is 1. The van der Waals surface area contributed by atoms with Crippen LogP contribution in [0.15, 0.2) is 24.3 Å². The van der Waals surface area contributed by atoms with Gasteiger partial charge in [0, 0.05) is 6.42 Å². The van der Waals surface area contributed by atoms with Crippen LogP contribution < -0.4 is 0 Å². The van der Waals surface area contributed by atoms with Gasteiger partial charge in [-0.2, -0.15) is 0 Å². The van der Waals surface area contributed by atoms with Crippen molar-refractivity contribution in [3.8, 4) is 0 Å². The second-order valence-corrected chi connectivity index (χ2v) is 4.62. The minimum absolute atomic E-state index is 0.241. The number of ketones is 1. The topological polar surface area (TPSA) is 26.3 Å². The Bertz CT molecular complexity index is 384. The molecular formula is C15H20O2. The zero-order chi connectivity index (χ0) is 12.1. The van der Waals surface area contributed by atoms with Crippen LogP contribution in [0.25, 0.3) is 0 Å². The summed E-state index contributed by atoms with van der Waals surface area (Å²) < 4.78 is 5.65. The normalized spacial score (nSPS) is 18.8. The molecule has 0 radical (unpaired) electrons. The zero-order valence-corrected chi connectivity index (χ0v) is 10.4. The highest BCUT2D eigenvalue weighted by Crippen LogP contribution is 2.28. The maximum atomic E-state index is 12.1. The van der Waals surface area contributed by atoms with Gasteiger partial charge in [-0.3, -0.25) is 4.79 Å². The molecule has 0 spiro atoms. The molecule has 2 rings (SSSR count). The highest BCUT2D eigenvalue weighted by Gasteiger charge is 2.26. The summed E-state index contributed by atoms with van der Waals surface area (Å²) in [7, 11) is 0. The van der Waals surface area contributed by atoms with Crippen molar-refractivity contribution in [1.29, 1.82) is 0 Å². The van der Waals surface area contributed by atoms with Crippen molar-refractivity contribution < 1.29 is 9.53 Å². The predicted octanol–water partition coefficient (Wildman–Crippen LogP) is 3.45. The van der Waals surface area contributed by atoms with Crippen molar-refractivity contribution in [1.82, 2.24) is 0 Å². The zero-order valence-electron chi connectivity index (χ0n) is 10.4. The summed E-state index contributed by atoms with van der Waals surface area (Å²) in [6.45, 7) is 2.82. The number of fused-ring (bicyclic) bond motifs is 1. The Morgan fingerprint density at radius 2 is 2.18 bits per heavy atom. The van der Waals surface area contributed by atoms with Crippen LogP contribution in [0.4, 0.5) is 0 Å². The molecule has 1 aromatic carbocycles. The molecule has 2 heteroatoms. The van der Waals surface area contributed by atoms with Crippen LogP contribution >= 0.6 is 0 Å². The Morgan fingerprint density at radius 1 is 1.35 bits per heavy atom. The first kappa shape index (κ1) is 12.3. The van der Waals surface area contributed by atoms with Gasteiger partial charge in [0.1, 0.15) is 6.10 Å². The van der Waals surface area contributed by atoms with Crippen LogP contribution in [0.2, 0.25) is 0 Å². The highest BCUT2D eigenvalue weighted by atomic mass is 16.5. The van der Waals surface area contributed by atoms with Crippen LogP contribution in [0.5, 0.6) is 0 Å². The molecule has 17 heavy (non-hydrogen) atoms. The Kier molecular flexibility index (Phi) is 4.32. The van der Waals surface area contributed by atoms with E-state index in [1.54, 1.807) is 0 Å². The fourth-order valence-corrected chi connectivity index (χ4v) is 2.34. The van der Waals surface area contributed by atoms with Crippen LogP contribution in [0.3, 0.4) is 0 Å². The van der Waals surface area contributed by atoms with E-state index in [-0.39, 0.29) is 11.9 Å². The highest BCUT2D eigenvalue weighted by molar-refractivity contribution is 5.84. The van der Waals surface area contributed by atoms with E-state index in [2.05, 4.69) is 13.0 Å². The number of hydrogen-bond donors (Lipinski definition) is 0. The first-order valence-corrected chi connectivity index (χ1v) is 6.55. The van der Waals surface area contributed by atoms with Gasteiger partial charge in [-0.25, -0.2) is 0 Å². The lowest BCUT2D eigenvalue weighted by Gasteiger charge is -2.24. The van der Waals surface area contributed by atoms with Crippen molar-refractivity contribution in [2.75, 3.05) is 6.61 Å². The van der Waals surface area contributed by atoms with Crippen LogP contribution in [0.1, 0.15) is 49.8 Å². The number of hydrogen-bond acceptors (Lipinski definition) is 2. The molecule has 1 unspecified atom stereocenters. The number of rotatable bonds is 5. The molecule has 0 aromatic heterocycles. The molecule has 0 fully saturated rings. The van der Waals surface area contributed by atoms with Gasteiger partial charge in [0.05, 0.1) is 6.61 Å². The maximum absolute atomic E-state index is 12.1. The average Bonchev–Trinajstić information content (AvgIpc) is 2.38. The SMILES string of the molecule is CCCCCC(=O)C1OCCc2ccccc21. The maximum Gasteiger partial charge on any atom is 0.166 e. The number of carbonyl (C=O) groups is 1. The van der Waals surface area contributed by atoms with E-state index < -0.39 is 0 Å². The van der Waals surface area contributed by atoms with E-state index in [0.717, 1.165) is 31.2 Å². The van der Waals surface area contributed by atoms with Crippen molar-refractivity contribution in [2.45, 2.75) is 45.1 Å². The largest absolute Gasteiger partial charge is 0.365 e. The summed E-state index contributed by atoms with van der Waals surface area (Å²) in [6.07, 6.45) is 4.52. The van der Waals surface area contributed by atoms with Gasteiger partial charge in [-0.15, -0.1) is 0 Å². The number of Topliss-reactive ketones (excluding diaryl/α,β-unsaturated/α-hetero) is 1. The molecule has 0 amide bonds. The van der Waals surface area contributed by atoms with Gasteiger partial charge in [0.25, 0.3) is 0 Å². The Hall–Kier alpha value is -1.15. The van der Waals surface area contributed by atoms with E-state index in [1.807, 2.05) is 18.2 Å². The third kappa shape index (κ3) is 2.95. The first-order chi connectivity index (χ1) is 8.33. The molecule has 1 heterocycles. The predicted molar refractivity (Wildman–Crippen MR) is 68.0 cm³/mol. The number of unbranched alkanes of at least 4 members (excludes halogenated alkanes) is 2. The van der Waals surface area contributed by atoms with Crippen LogP contribution in [0, 0.1) is 0 Å². The Morgan fingerprint density at radius 3 is 3.00 bits per heavy atom. The minimum Gasteiger partial charge on any atom is -0.365 e. The molecule has 0 saturated carbocycles. The second kappa shape index (κ2) is 5.97. The van der Waals surface area contributed by atoms with Gasteiger partial charge in [-0.05, 0) is 24.0 Å². The molecule has 2 nitrogen and oxygen atoms in total. The average molecular weight is 232 g/mol. The molecule has 1 aromatic rings. The Labute approximate surface area is 103 Å². The molecule has 0 bridgehead atoms. The summed E-state index contributed by atoms with van der Waals surface area (Å²) in [5.41, 5.74) is 2.35. The number of ether oxygens (including phenoxy) is 1. The van der Waals surface area contributed by atoms with Gasteiger partial charge < -0.3 is 4.74 Å². The van der Waals surface area contributed by atoms with Crippen LogP contribution in [-0.2, 0) is 16.0 Å². The molecule has 0 aliphatic carbocycles. The summed E-state index contributed by atoms with van der Waals surface area (Å²) in [5, 5.41) is 0. The van der Waals surface area contributed by atoms with E-state index in [1.165, 1.54) is 5.56 Å². The lowest BCUT2D eigenvalue weighted by Crippen LogP contribution is -2.23. The second-order valence-electron chi connectivity index (χ2n) is 4.62. The summed E-state index contributed by atoms with van der Waals surface area (Å²) in [4.78, 5) is 12.1. The van der Waals surface area contributed by atoms with Crippen molar-refractivity contribution in [3.05, 3.63) is 35.4 Å². The van der Waals surface area contributed by atoms with Gasteiger partial charge in [0.15, 0.2) is 5.78 Å². The van der Waals surface area contributed by atoms with E-state index in [9.17, 15) is 4.79 Å². The summed E-state index contributed by atoms with van der Waals surface area (Å²) in [6, 6.07) is 8.14. The lowest BCUT2D eigenvalue weighted by molar-refractivity contribution is -0.131. The lowest BCUT2D eigenvalue weighted by atomic mass is 9.93. The smallest absolute Gasteiger partial charge is 0.166 e. The minimum atomic E-state index is -0.309. The van der Waals surface area contributed by atoms with E-state index in [0.29, 0.717) is 13.0 Å². The molecule has 0 saturated heterocycles. The molecule has 92 valence electrons. The van der Waals surface area contributed by atoms with Crippen molar-refractivity contribution in [2.24, 2.45) is 0 Å². The number of carbonyl (C=O) groups excluding carboxylic acids is 1. The van der Waals surface area contributed by atoms with Gasteiger partial charge in [-0.1, -0.05) is 44.0 Å². The Balaban J connectivity index is 2.05. The molecule has 0 N–H and O–H groups in total. The van der Waals surface area contributed by atoms with Gasteiger partial charge in [0.2, 0.25) is 0 Å².